The molecule has 2 unspecified atom stereocenters. The van der Waals surface area contributed by atoms with Crippen LogP contribution >= 0.6 is 0 Å². The second-order valence-corrected chi connectivity index (χ2v) is 7.51. The summed E-state index contributed by atoms with van der Waals surface area (Å²) in [5.41, 5.74) is -2.32. The molecule has 0 rings (SSSR count). The van der Waals surface area contributed by atoms with Crippen molar-refractivity contribution >= 4 is 5.97 Å². The molecule has 0 heterocycles. The van der Waals surface area contributed by atoms with E-state index in [1.54, 1.807) is 0 Å². The zero-order valence-electron chi connectivity index (χ0n) is 20.8. The van der Waals surface area contributed by atoms with Crippen LogP contribution in [0.2, 0.25) is 0 Å². The molecule has 0 aliphatic rings. The molecule has 0 amide bonds. The summed E-state index contributed by atoms with van der Waals surface area (Å²) in [6, 6.07) is 0. The van der Waals surface area contributed by atoms with E-state index in [1.165, 1.54) is 18.2 Å². The summed E-state index contributed by atoms with van der Waals surface area (Å²) < 4.78 is 70.1. The normalized spacial score (nSPS) is 14.3. The number of rotatable bonds is 26. The summed E-state index contributed by atoms with van der Waals surface area (Å²) in [4.78, 5) is 40.8. The molecule has 0 fully saturated rings. The van der Waals surface area contributed by atoms with E-state index in [0.717, 1.165) is 6.08 Å². The fourth-order valence-electron chi connectivity index (χ4n) is 2.42. The van der Waals surface area contributed by atoms with Crippen LogP contribution in [0.1, 0.15) is 6.42 Å². The molecular weight excluding hydrogens is 528 g/mol. The van der Waals surface area contributed by atoms with E-state index in [9.17, 15) is 22.4 Å². The van der Waals surface area contributed by atoms with E-state index >= 15 is 0 Å². The maximum atomic E-state index is 15.0. The standard InChI is InChI=1S/C23H34F4O11/c1-5-9-33-36-13-19(37-34-10-6-2)12-30-17-22(24,25)14-21(38-35-11-7-3,16-32-20(28)8-4)15-31-18-23(26,27)29/h5-8,19,29H,1-4,9-18H2. The first kappa shape index (κ1) is 35.8. The van der Waals surface area contributed by atoms with Gasteiger partial charge in [-0.15, -0.1) is 19.7 Å². The van der Waals surface area contributed by atoms with Gasteiger partial charge in [0.1, 0.15) is 52.4 Å². The van der Waals surface area contributed by atoms with Crippen molar-refractivity contribution in [2.45, 2.75) is 30.2 Å². The maximum Gasteiger partial charge on any atom is 0.376 e. The fraction of sp³-hybridized carbons (Fsp3) is 0.609. The lowest BCUT2D eigenvalue weighted by Crippen LogP contribution is -2.49. The van der Waals surface area contributed by atoms with Crippen LogP contribution in [0.15, 0.2) is 50.6 Å². The number of carbonyl (C=O) groups is 1. The lowest BCUT2D eigenvalue weighted by atomic mass is 9.97. The van der Waals surface area contributed by atoms with Crippen molar-refractivity contribution in [3.8, 4) is 0 Å². The number of esters is 1. The van der Waals surface area contributed by atoms with Crippen LogP contribution in [0.25, 0.3) is 0 Å². The molecule has 38 heavy (non-hydrogen) atoms. The minimum absolute atomic E-state index is 0.0128. The molecule has 220 valence electrons. The Morgan fingerprint density at radius 3 is 2.03 bits per heavy atom. The maximum absolute atomic E-state index is 15.0. The Bertz CT molecular complexity index is 703. The molecule has 0 saturated heterocycles. The molecule has 0 aliphatic heterocycles. The van der Waals surface area contributed by atoms with Gasteiger partial charge in [-0.25, -0.2) is 42.9 Å². The average molecular weight is 563 g/mol. The van der Waals surface area contributed by atoms with Gasteiger partial charge < -0.3 is 19.3 Å². The fourth-order valence-corrected chi connectivity index (χ4v) is 2.42. The van der Waals surface area contributed by atoms with Gasteiger partial charge in [-0.05, 0) is 0 Å². The van der Waals surface area contributed by atoms with Crippen LogP contribution in [0, 0.1) is 0 Å². The molecule has 0 saturated carbocycles. The minimum atomic E-state index is -4.27. The number of hydrogen-bond acceptors (Lipinski definition) is 11. The highest BCUT2D eigenvalue weighted by Crippen LogP contribution is 2.31. The van der Waals surface area contributed by atoms with E-state index in [0.29, 0.717) is 0 Å². The molecule has 11 nitrogen and oxygen atoms in total. The summed E-state index contributed by atoms with van der Waals surface area (Å²) in [6.07, 6.45) is -1.83. The predicted octanol–water partition coefficient (Wildman–Crippen LogP) is 2.87. The largest absolute Gasteiger partial charge is 0.459 e. The van der Waals surface area contributed by atoms with Crippen molar-refractivity contribution in [1.29, 1.82) is 0 Å². The van der Waals surface area contributed by atoms with Crippen LogP contribution in [-0.4, -0.2) is 94.3 Å². The topological polar surface area (TPSA) is 120 Å². The first-order valence-corrected chi connectivity index (χ1v) is 11.0. The monoisotopic (exact) mass is 562 g/mol. The quantitative estimate of drug-likeness (QED) is 0.0319. The van der Waals surface area contributed by atoms with Crippen LogP contribution in [0.4, 0.5) is 17.6 Å². The molecule has 0 spiro atoms. The van der Waals surface area contributed by atoms with Gasteiger partial charge in [0.05, 0.1) is 19.6 Å². The van der Waals surface area contributed by atoms with Crippen LogP contribution in [-0.2, 0) is 48.3 Å². The van der Waals surface area contributed by atoms with Crippen molar-refractivity contribution in [3.05, 3.63) is 50.6 Å². The first-order chi connectivity index (χ1) is 17.9. The number of alkyl halides is 4. The SMILES string of the molecule is C=CCOOCC(COCC(F)(F)CC(COCC(O)(F)F)(COC(=O)C=C)OOCC=C)OOCC=C. The summed E-state index contributed by atoms with van der Waals surface area (Å²) in [5, 5.41) is 8.59. The highest BCUT2D eigenvalue weighted by Gasteiger charge is 2.47. The Morgan fingerprint density at radius 2 is 1.42 bits per heavy atom. The molecule has 0 bridgehead atoms. The molecule has 1 N–H and O–H groups in total. The molecule has 0 aromatic heterocycles. The van der Waals surface area contributed by atoms with Gasteiger partial charge in [0.15, 0.2) is 5.60 Å². The Hall–Kier alpha value is -2.21. The molecule has 0 aromatic rings. The number of halogens is 4. The summed E-state index contributed by atoms with van der Waals surface area (Å²) >= 11 is 0. The Balaban J connectivity index is 5.42. The minimum Gasteiger partial charge on any atom is -0.459 e. The van der Waals surface area contributed by atoms with Crippen molar-refractivity contribution in [2.24, 2.45) is 0 Å². The van der Waals surface area contributed by atoms with Gasteiger partial charge in [0, 0.05) is 6.08 Å². The van der Waals surface area contributed by atoms with Crippen LogP contribution < -0.4 is 0 Å². The molecule has 0 aliphatic carbocycles. The summed E-state index contributed by atoms with van der Waals surface area (Å²) in [7, 11) is 0. The molecule has 0 aromatic carbocycles. The predicted molar refractivity (Wildman–Crippen MR) is 123 cm³/mol. The highest BCUT2D eigenvalue weighted by molar-refractivity contribution is 5.81. The Morgan fingerprint density at radius 1 is 0.789 bits per heavy atom. The lowest BCUT2D eigenvalue weighted by Gasteiger charge is -2.34. The first-order valence-electron chi connectivity index (χ1n) is 11.0. The van der Waals surface area contributed by atoms with Gasteiger partial charge >= 0.3 is 12.1 Å². The third-order valence-electron chi connectivity index (χ3n) is 3.82. The van der Waals surface area contributed by atoms with E-state index in [2.05, 4.69) is 31.1 Å². The number of hydrogen-bond donors (Lipinski definition) is 1. The summed E-state index contributed by atoms with van der Waals surface area (Å²) in [5.74, 6) is -4.75. The van der Waals surface area contributed by atoms with Crippen molar-refractivity contribution in [2.75, 3.05) is 59.5 Å². The molecule has 15 heteroatoms. The number of aliphatic hydroxyl groups is 1. The van der Waals surface area contributed by atoms with Crippen LogP contribution in [0.5, 0.6) is 0 Å². The second-order valence-electron chi connectivity index (χ2n) is 7.51. The van der Waals surface area contributed by atoms with Gasteiger partial charge in [-0.2, -0.15) is 8.78 Å². The van der Waals surface area contributed by atoms with Crippen molar-refractivity contribution in [3.63, 3.8) is 0 Å². The van der Waals surface area contributed by atoms with Gasteiger partial charge in [0.25, 0.3) is 5.92 Å². The third kappa shape index (κ3) is 18.9. The van der Waals surface area contributed by atoms with Crippen LogP contribution in [0.3, 0.4) is 0 Å². The van der Waals surface area contributed by atoms with E-state index < -0.39 is 69.2 Å². The molecule has 0 radical (unpaired) electrons. The number of ether oxygens (including phenoxy) is 3. The van der Waals surface area contributed by atoms with E-state index in [-0.39, 0.29) is 26.4 Å². The van der Waals surface area contributed by atoms with Crippen molar-refractivity contribution in [1.82, 2.24) is 0 Å². The molecule has 2 atom stereocenters. The van der Waals surface area contributed by atoms with Gasteiger partial charge in [-0.1, -0.05) is 24.8 Å². The zero-order chi connectivity index (χ0) is 28.9. The summed E-state index contributed by atoms with van der Waals surface area (Å²) in [6.45, 7) is 7.71. The smallest absolute Gasteiger partial charge is 0.376 e. The Kier molecular flexibility index (Phi) is 18.6. The Labute approximate surface area is 217 Å². The lowest BCUT2D eigenvalue weighted by molar-refractivity contribution is -0.383. The molecular formula is C23H34F4O11. The van der Waals surface area contributed by atoms with E-state index in [4.69, 9.17) is 43.9 Å². The van der Waals surface area contributed by atoms with Gasteiger partial charge in [0.2, 0.25) is 0 Å². The zero-order valence-corrected chi connectivity index (χ0v) is 20.8. The third-order valence-corrected chi connectivity index (χ3v) is 3.82. The van der Waals surface area contributed by atoms with Gasteiger partial charge in [-0.3, -0.25) is 0 Å². The average Bonchev–Trinajstić information content (AvgIpc) is 2.84. The van der Waals surface area contributed by atoms with Crippen molar-refractivity contribution < 1.29 is 71.0 Å². The number of carbonyl (C=O) groups excluding carboxylic acids is 1. The van der Waals surface area contributed by atoms with E-state index in [1.807, 2.05) is 0 Å². The highest BCUT2D eigenvalue weighted by atomic mass is 19.3. The second kappa shape index (κ2) is 19.8.